The molecule has 1 aromatic heterocycles. The standard InChI is InChI=1S/C17H26N4O3S/c1-3-12-13(25-16(18)19-12)14(22)21-8-6-17(11-21)5-4-7-20(15(17)23)9-10-24-2/h3-11H2,1-2H3,(H2,18,19)/t17-/m0/s1. The van der Waals surface area contributed by atoms with E-state index >= 15 is 0 Å². The van der Waals surface area contributed by atoms with Crippen LogP contribution in [-0.4, -0.2) is 66.5 Å². The maximum atomic E-state index is 13.0. The molecular formula is C17H26N4O3S. The molecule has 1 atom stereocenters. The van der Waals surface area contributed by atoms with Crippen molar-refractivity contribution in [1.29, 1.82) is 0 Å². The van der Waals surface area contributed by atoms with Gasteiger partial charge in [0.2, 0.25) is 5.91 Å². The van der Waals surface area contributed by atoms with E-state index < -0.39 is 5.41 Å². The minimum Gasteiger partial charge on any atom is -0.383 e. The van der Waals surface area contributed by atoms with Crippen LogP contribution in [0.4, 0.5) is 5.13 Å². The summed E-state index contributed by atoms with van der Waals surface area (Å²) in [5.74, 6) is 0.135. The molecule has 0 bridgehead atoms. The molecule has 3 heterocycles. The molecule has 2 aliphatic heterocycles. The van der Waals surface area contributed by atoms with Gasteiger partial charge in [-0.1, -0.05) is 18.3 Å². The maximum absolute atomic E-state index is 13.0. The average molecular weight is 366 g/mol. The van der Waals surface area contributed by atoms with Crippen molar-refractivity contribution < 1.29 is 14.3 Å². The number of carbonyl (C=O) groups excluding carboxylic acids is 2. The van der Waals surface area contributed by atoms with E-state index in [0.29, 0.717) is 42.7 Å². The second-order valence-electron chi connectivity index (χ2n) is 6.83. The first-order valence-electron chi connectivity index (χ1n) is 8.83. The van der Waals surface area contributed by atoms with Gasteiger partial charge in [0.25, 0.3) is 5.91 Å². The fraction of sp³-hybridized carbons (Fsp3) is 0.706. The third-order valence-corrected chi connectivity index (χ3v) is 6.19. The lowest BCUT2D eigenvalue weighted by Crippen LogP contribution is -2.51. The van der Waals surface area contributed by atoms with E-state index in [1.54, 1.807) is 7.11 Å². The number of methoxy groups -OCH3 is 1. The second kappa shape index (κ2) is 7.29. The van der Waals surface area contributed by atoms with E-state index in [4.69, 9.17) is 10.5 Å². The highest BCUT2D eigenvalue weighted by atomic mass is 32.1. The highest BCUT2D eigenvalue weighted by Gasteiger charge is 2.49. The normalized spacial score (nSPS) is 23.7. The molecule has 2 fully saturated rings. The predicted molar refractivity (Wildman–Crippen MR) is 96.5 cm³/mol. The molecular weight excluding hydrogens is 340 g/mol. The van der Waals surface area contributed by atoms with Crippen molar-refractivity contribution >= 4 is 28.3 Å². The Morgan fingerprint density at radius 2 is 2.20 bits per heavy atom. The van der Waals surface area contributed by atoms with Crippen LogP contribution in [0.2, 0.25) is 0 Å². The van der Waals surface area contributed by atoms with E-state index in [2.05, 4.69) is 4.98 Å². The van der Waals surface area contributed by atoms with Crippen LogP contribution in [0, 0.1) is 5.41 Å². The molecule has 7 nitrogen and oxygen atoms in total. The Morgan fingerprint density at radius 3 is 2.92 bits per heavy atom. The number of thiazole rings is 1. The summed E-state index contributed by atoms with van der Waals surface area (Å²) >= 11 is 1.25. The molecule has 0 unspecified atom stereocenters. The molecule has 1 spiro atoms. The number of rotatable bonds is 5. The highest BCUT2D eigenvalue weighted by molar-refractivity contribution is 7.17. The quantitative estimate of drug-likeness (QED) is 0.851. The third kappa shape index (κ3) is 3.37. The summed E-state index contributed by atoms with van der Waals surface area (Å²) in [6.07, 6.45) is 3.24. The molecule has 3 rings (SSSR count). The maximum Gasteiger partial charge on any atom is 0.265 e. The van der Waals surface area contributed by atoms with Crippen LogP contribution in [0.3, 0.4) is 0 Å². The lowest BCUT2D eigenvalue weighted by Gasteiger charge is -2.39. The van der Waals surface area contributed by atoms with E-state index in [0.717, 1.165) is 31.5 Å². The molecule has 138 valence electrons. The number of hydrogen-bond acceptors (Lipinski definition) is 6. The van der Waals surface area contributed by atoms with Gasteiger partial charge in [-0.15, -0.1) is 0 Å². The van der Waals surface area contributed by atoms with Gasteiger partial charge in [0.1, 0.15) is 4.88 Å². The third-order valence-electron chi connectivity index (χ3n) is 5.27. The van der Waals surface area contributed by atoms with Gasteiger partial charge in [-0.3, -0.25) is 9.59 Å². The lowest BCUT2D eigenvalue weighted by atomic mass is 9.78. The van der Waals surface area contributed by atoms with Crippen LogP contribution in [0.15, 0.2) is 0 Å². The van der Waals surface area contributed by atoms with Crippen LogP contribution < -0.4 is 5.73 Å². The van der Waals surface area contributed by atoms with Crippen LogP contribution in [0.5, 0.6) is 0 Å². The Kier molecular flexibility index (Phi) is 5.29. The van der Waals surface area contributed by atoms with E-state index in [1.807, 2.05) is 16.7 Å². The van der Waals surface area contributed by atoms with Crippen LogP contribution >= 0.6 is 11.3 Å². The first-order valence-corrected chi connectivity index (χ1v) is 9.65. The summed E-state index contributed by atoms with van der Waals surface area (Å²) in [4.78, 5) is 34.5. The monoisotopic (exact) mass is 366 g/mol. The van der Waals surface area contributed by atoms with Crippen molar-refractivity contribution in [2.75, 3.05) is 45.6 Å². The summed E-state index contributed by atoms with van der Waals surface area (Å²) in [5.41, 5.74) is 6.11. The number of anilines is 1. The minimum atomic E-state index is -0.426. The van der Waals surface area contributed by atoms with Crippen molar-refractivity contribution in [3.8, 4) is 0 Å². The van der Waals surface area contributed by atoms with Gasteiger partial charge >= 0.3 is 0 Å². The minimum absolute atomic E-state index is 0.0373. The zero-order valence-electron chi connectivity index (χ0n) is 14.9. The molecule has 2 amide bonds. The number of hydrogen-bond donors (Lipinski definition) is 1. The van der Waals surface area contributed by atoms with Gasteiger partial charge in [-0.2, -0.15) is 0 Å². The fourth-order valence-corrected chi connectivity index (χ4v) is 4.80. The largest absolute Gasteiger partial charge is 0.383 e. The van der Waals surface area contributed by atoms with Gasteiger partial charge in [-0.25, -0.2) is 4.98 Å². The van der Waals surface area contributed by atoms with Gasteiger partial charge in [0.15, 0.2) is 5.13 Å². The van der Waals surface area contributed by atoms with Crippen molar-refractivity contribution in [3.05, 3.63) is 10.6 Å². The molecule has 0 aliphatic carbocycles. The number of nitrogens with two attached hydrogens (primary N) is 1. The SMILES string of the molecule is CCc1nc(N)sc1C(=O)N1CC[C@@]2(CCCN(CCOC)C2=O)C1. The van der Waals surface area contributed by atoms with E-state index in [-0.39, 0.29) is 11.8 Å². The first kappa shape index (κ1) is 18.1. The number of amides is 2. The lowest BCUT2D eigenvalue weighted by molar-refractivity contribution is -0.146. The van der Waals surface area contributed by atoms with Crippen molar-refractivity contribution in [2.24, 2.45) is 5.41 Å². The summed E-state index contributed by atoms with van der Waals surface area (Å²) < 4.78 is 5.11. The zero-order valence-corrected chi connectivity index (χ0v) is 15.7. The molecule has 2 aliphatic rings. The Labute approximate surface area is 152 Å². The first-order chi connectivity index (χ1) is 12.0. The predicted octanol–water partition coefficient (Wildman–Crippen LogP) is 1.39. The average Bonchev–Trinajstić information content (AvgIpc) is 3.20. The van der Waals surface area contributed by atoms with Gasteiger partial charge in [0.05, 0.1) is 17.7 Å². The number of nitrogens with zero attached hydrogens (tertiary/aromatic N) is 3. The Balaban J connectivity index is 1.73. The molecule has 25 heavy (non-hydrogen) atoms. The molecule has 8 heteroatoms. The number of aromatic nitrogens is 1. The van der Waals surface area contributed by atoms with E-state index in [1.165, 1.54) is 11.3 Å². The van der Waals surface area contributed by atoms with Crippen molar-refractivity contribution in [3.63, 3.8) is 0 Å². The van der Waals surface area contributed by atoms with Crippen LogP contribution in [0.25, 0.3) is 0 Å². The Morgan fingerprint density at radius 1 is 1.40 bits per heavy atom. The molecule has 0 aromatic carbocycles. The summed E-state index contributed by atoms with van der Waals surface area (Å²) in [6.45, 7) is 5.03. The summed E-state index contributed by atoms with van der Waals surface area (Å²) in [7, 11) is 1.65. The van der Waals surface area contributed by atoms with Crippen LogP contribution in [0.1, 0.15) is 41.6 Å². The number of ether oxygens (including phenoxy) is 1. The second-order valence-corrected chi connectivity index (χ2v) is 7.86. The van der Waals surface area contributed by atoms with Crippen molar-refractivity contribution in [1.82, 2.24) is 14.8 Å². The van der Waals surface area contributed by atoms with E-state index in [9.17, 15) is 9.59 Å². The highest BCUT2D eigenvalue weighted by Crippen LogP contribution is 2.41. The van der Waals surface area contributed by atoms with Crippen LogP contribution in [-0.2, 0) is 16.0 Å². The number of carbonyl (C=O) groups is 2. The summed E-state index contributed by atoms with van der Waals surface area (Å²) in [5, 5.41) is 0.425. The fourth-order valence-electron chi connectivity index (χ4n) is 3.91. The number of aryl methyl sites for hydroxylation is 1. The van der Waals surface area contributed by atoms with Crippen molar-refractivity contribution in [2.45, 2.75) is 32.6 Å². The topological polar surface area (TPSA) is 88.8 Å². The molecule has 2 N–H and O–H groups in total. The zero-order chi connectivity index (χ0) is 18.0. The summed E-state index contributed by atoms with van der Waals surface area (Å²) in [6, 6.07) is 0. The Hall–Kier alpha value is -1.67. The van der Waals surface area contributed by atoms with Gasteiger partial charge in [-0.05, 0) is 25.7 Å². The molecule has 0 radical (unpaired) electrons. The number of likely N-dealkylation sites (tertiary alicyclic amines) is 2. The van der Waals surface area contributed by atoms with Gasteiger partial charge in [0, 0.05) is 33.3 Å². The van der Waals surface area contributed by atoms with Gasteiger partial charge < -0.3 is 20.3 Å². The molecule has 1 aromatic rings. The Bertz CT molecular complexity index is 662. The number of nitrogen functional groups attached to an aromatic ring is 1. The smallest absolute Gasteiger partial charge is 0.265 e. The number of piperidine rings is 1. The molecule has 0 saturated carbocycles. The molecule has 2 saturated heterocycles.